The second-order valence-electron chi connectivity index (χ2n) is 7.80. The first-order valence-electron chi connectivity index (χ1n) is 9.66. The van der Waals surface area contributed by atoms with Crippen LogP contribution in [-0.4, -0.2) is 67.5 Å². The third kappa shape index (κ3) is 2.99. The van der Waals surface area contributed by atoms with E-state index in [1.54, 1.807) is 6.92 Å². The molecule has 5 atom stereocenters. The number of β-lactam (4-membered cyclic amide) rings is 1. The normalized spacial score (nSPS) is 25.6. The minimum atomic E-state index is -1.14. The zero-order chi connectivity index (χ0) is 21.9. The molecular weight excluding hydrogens is 428 g/mol. The number of hydrogen-bond acceptors (Lipinski definition) is 7. The molecule has 2 aliphatic rings. The first-order valence-corrected chi connectivity index (χ1v) is 11.7. The van der Waals surface area contributed by atoms with Crippen LogP contribution in [0, 0.1) is 11.8 Å². The number of aliphatic carboxylic acids is 1. The van der Waals surface area contributed by atoms with Gasteiger partial charge in [-0.15, -0.1) is 0 Å². The Bertz CT molecular complexity index is 1060. The highest BCUT2D eigenvalue weighted by Crippen LogP contribution is 2.51. The lowest BCUT2D eigenvalue weighted by Gasteiger charge is -2.46. The summed E-state index contributed by atoms with van der Waals surface area (Å²) < 4.78 is 3.85. The lowest BCUT2D eigenvalue weighted by molar-refractivity contribution is -0.735. The van der Waals surface area contributed by atoms with E-state index in [1.165, 1.54) is 28.0 Å². The van der Waals surface area contributed by atoms with Gasteiger partial charge in [-0.05, 0) is 13.2 Å². The van der Waals surface area contributed by atoms with E-state index in [0.29, 0.717) is 12.1 Å². The predicted molar refractivity (Wildman–Crippen MR) is 112 cm³/mol. The molecule has 1 fully saturated rings. The van der Waals surface area contributed by atoms with Gasteiger partial charge in [0, 0.05) is 18.0 Å². The molecule has 1 saturated heterocycles. The number of carbonyl (C=O) groups is 2. The summed E-state index contributed by atoms with van der Waals surface area (Å²) in [6.45, 7) is 4.01. The van der Waals surface area contributed by atoms with Crippen molar-refractivity contribution in [1.29, 1.82) is 0 Å². The van der Waals surface area contributed by atoms with Crippen LogP contribution in [-0.2, 0) is 16.1 Å². The molecule has 0 saturated carbocycles. The first kappa shape index (κ1) is 21.3. The fourth-order valence-corrected chi connectivity index (χ4v) is 6.78. The van der Waals surface area contributed by atoms with Crippen molar-refractivity contribution in [3.63, 3.8) is 0 Å². The van der Waals surface area contributed by atoms with Crippen LogP contribution in [0.5, 0.6) is 0 Å². The van der Waals surface area contributed by atoms with Crippen LogP contribution in [0.25, 0.3) is 10.4 Å². The average Bonchev–Trinajstić information content (AvgIpc) is 3.28. The van der Waals surface area contributed by atoms with E-state index in [0.717, 1.165) is 14.7 Å². The Kier molecular flexibility index (Phi) is 5.43. The van der Waals surface area contributed by atoms with Crippen LogP contribution in [0.15, 0.2) is 23.2 Å². The Morgan fingerprint density at radius 3 is 2.70 bits per heavy atom. The zero-order valence-electron chi connectivity index (χ0n) is 16.8. The number of hydrogen-bond donors (Lipinski definition) is 4. The summed E-state index contributed by atoms with van der Waals surface area (Å²) >= 11 is 2.99. The standard InChI is InChI=1S/C19H24N4O5S2/c1-8-12(15(19(27)28)23-14(8)13(9(2)24)16(23)26)11-6-22-7-21(5-10(25)4-20)17(29-3)18(22)30-11/h6-10,13-14,24-25H,4-5,20H2,1-3H3/p+1/t8-,9+,10?,13+,14+/m0/s1. The van der Waals surface area contributed by atoms with Crippen molar-refractivity contribution in [2.45, 2.75) is 43.7 Å². The number of carboxylic acids is 1. The number of aromatic nitrogens is 2. The summed E-state index contributed by atoms with van der Waals surface area (Å²) in [5.74, 6) is -2.27. The van der Waals surface area contributed by atoms with Crippen LogP contribution in [0.1, 0.15) is 18.7 Å². The molecule has 4 heterocycles. The number of carbonyl (C=O) groups excluding carboxylic acids is 1. The fraction of sp³-hybridized carbons (Fsp3) is 0.526. The summed E-state index contributed by atoms with van der Waals surface area (Å²) in [6, 6.07) is -0.343. The number of fused-ring (bicyclic) bond motifs is 2. The molecule has 2 aromatic heterocycles. The lowest BCUT2D eigenvalue weighted by Crippen LogP contribution is -2.63. The van der Waals surface area contributed by atoms with E-state index >= 15 is 0 Å². The maximum Gasteiger partial charge on any atom is 0.352 e. The van der Waals surface area contributed by atoms with Crippen molar-refractivity contribution < 1.29 is 29.5 Å². The van der Waals surface area contributed by atoms with Gasteiger partial charge in [0.05, 0.1) is 22.9 Å². The number of thiazole rings is 1. The van der Waals surface area contributed by atoms with Gasteiger partial charge >= 0.3 is 5.97 Å². The van der Waals surface area contributed by atoms with E-state index in [9.17, 15) is 24.9 Å². The van der Waals surface area contributed by atoms with Gasteiger partial charge in [-0.2, -0.15) is 4.40 Å². The molecule has 1 amide bonds. The summed E-state index contributed by atoms with van der Waals surface area (Å²) in [6.07, 6.45) is 4.19. The summed E-state index contributed by atoms with van der Waals surface area (Å²) in [4.78, 5) is 27.7. The average molecular weight is 454 g/mol. The zero-order valence-corrected chi connectivity index (χ0v) is 18.5. The molecule has 0 spiro atoms. The molecule has 9 nitrogen and oxygen atoms in total. The van der Waals surface area contributed by atoms with Crippen molar-refractivity contribution >= 4 is 45.4 Å². The number of amides is 1. The van der Waals surface area contributed by atoms with Crippen molar-refractivity contribution in [2.75, 3.05) is 12.8 Å². The Balaban J connectivity index is 1.79. The highest BCUT2D eigenvalue weighted by Gasteiger charge is 2.60. The molecule has 30 heavy (non-hydrogen) atoms. The van der Waals surface area contributed by atoms with Crippen LogP contribution in [0.4, 0.5) is 0 Å². The summed E-state index contributed by atoms with van der Waals surface area (Å²) in [5.41, 5.74) is 6.17. The quantitative estimate of drug-likeness (QED) is 0.263. The number of aliphatic hydroxyl groups is 2. The van der Waals surface area contributed by atoms with Crippen LogP contribution in [0.3, 0.4) is 0 Å². The molecule has 5 N–H and O–H groups in total. The minimum Gasteiger partial charge on any atom is -0.477 e. The summed E-state index contributed by atoms with van der Waals surface area (Å²) in [7, 11) is 0. The van der Waals surface area contributed by atoms with Crippen LogP contribution in [0.2, 0.25) is 0 Å². The van der Waals surface area contributed by atoms with Gasteiger partial charge in [0.15, 0.2) is 0 Å². The summed E-state index contributed by atoms with van der Waals surface area (Å²) in [5, 5.41) is 30.7. The number of imidazole rings is 1. The third-order valence-corrected chi connectivity index (χ3v) is 8.00. The van der Waals surface area contributed by atoms with Crippen LogP contribution >= 0.6 is 23.1 Å². The Morgan fingerprint density at radius 2 is 2.13 bits per heavy atom. The third-order valence-electron chi connectivity index (χ3n) is 5.92. The second kappa shape index (κ2) is 7.65. The van der Waals surface area contributed by atoms with Crippen molar-refractivity contribution in [3.05, 3.63) is 23.1 Å². The Labute approximate surface area is 181 Å². The van der Waals surface area contributed by atoms with Gasteiger partial charge in [-0.25, -0.2) is 9.36 Å². The molecule has 1 unspecified atom stereocenters. The molecule has 11 heteroatoms. The van der Waals surface area contributed by atoms with Gasteiger partial charge in [-0.3, -0.25) is 4.79 Å². The van der Waals surface area contributed by atoms with Gasteiger partial charge < -0.3 is 26.0 Å². The van der Waals surface area contributed by atoms with Crippen molar-refractivity contribution in [2.24, 2.45) is 17.6 Å². The first-order chi connectivity index (χ1) is 14.2. The van der Waals surface area contributed by atoms with E-state index in [1.807, 2.05) is 34.7 Å². The number of carboxylic acid groups (broad SMARTS) is 1. The van der Waals surface area contributed by atoms with Crippen molar-refractivity contribution in [1.82, 2.24) is 9.30 Å². The van der Waals surface area contributed by atoms with E-state index in [2.05, 4.69) is 0 Å². The Morgan fingerprint density at radius 1 is 1.43 bits per heavy atom. The van der Waals surface area contributed by atoms with E-state index < -0.39 is 24.1 Å². The number of aliphatic hydroxyl groups excluding tert-OH is 2. The SMILES string of the molecule is CSc1c2sc(C3=C(C(=O)O)N4C(=O)[C@H]([C@@H](C)O)[C@H]4[C@H]3C)cn2c[n+]1CC(O)CN. The number of nitrogens with two attached hydrogens (primary N) is 1. The second-order valence-corrected chi connectivity index (χ2v) is 9.62. The van der Waals surface area contributed by atoms with Gasteiger partial charge in [-0.1, -0.05) is 30.0 Å². The molecule has 0 radical (unpaired) electrons. The smallest absolute Gasteiger partial charge is 0.352 e. The maximum atomic E-state index is 12.5. The van der Waals surface area contributed by atoms with Gasteiger partial charge in [0.2, 0.25) is 15.8 Å². The molecule has 0 aromatic carbocycles. The van der Waals surface area contributed by atoms with Crippen molar-refractivity contribution in [3.8, 4) is 0 Å². The minimum absolute atomic E-state index is 0.0102. The Hall–Kier alpha value is -1.92. The molecule has 0 aliphatic carbocycles. The maximum absolute atomic E-state index is 12.5. The largest absolute Gasteiger partial charge is 0.477 e. The number of nitrogens with zero attached hydrogens (tertiary/aromatic N) is 3. The fourth-order valence-electron chi connectivity index (χ4n) is 4.59. The molecule has 2 aromatic rings. The molecule has 4 rings (SSSR count). The van der Waals surface area contributed by atoms with Gasteiger partial charge in [0.25, 0.3) is 6.33 Å². The van der Waals surface area contributed by atoms with E-state index in [-0.39, 0.29) is 30.1 Å². The highest BCUT2D eigenvalue weighted by atomic mass is 32.2. The molecule has 162 valence electrons. The molecular formula is C19H25N4O5S2+. The molecule has 0 bridgehead atoms. The van der Waals surface area contributed by atoms with E-state index in [4.69, 9.17) is 5.73 Å². The number of rotatable bonds is 7. The predicted octanol–water partition coefficient (Wildman–Crippen LogP) is -0.0170. The number of thioether (sulfide) groups is 1. The topological polar surface area (TPSA) is 132 Å². The molecule has 2 aliphatic heterocycles. The van der Waals surface area contributed by atoms with Crippen LogP contribution < -0.4 is 10.3 Å². The monoisotopic (exact) mass is 453 g/mol. The highest BCUT2D eigenvalue weighted by molar-refractivity contribution is 7.98. The van der Waals surface area contributed by atoms with Gasteiger partial charge in [0.1, 0.15) is 24.5 Å². The lowest BCUT2D eigenvalue weighted by atomic mass is 9.77.